The van der Waals surface area contributed by atoms with Crippen LogP contribution in [0.25, 0.3) is 0 Å². The van der Waals surface area contributed by atoms with Crippen LogP contribution in [0.5, 0.6) is 11.5 Å². The number of hydrogen-bond donors (Lipinski definition) is 2. The normalized spacial score (nSPS) is 11.8. The van der Waals surface area contributed by atoms with Gasteiger partial charge in [0.05, 0.1) is 32.4 Å². The van der Waals surface area contributed by atoms with Gasteiger partial charge in [-0.05, 0) is 24.6 Å². The smallest absolute Gasteiger partial charge is 0.255 e. The van der Waals surface area contributed by atoms with Gasteiger partial charge in [0.15, 0.2) is 0 Å². The van der Waals surface area contributed by atoms with Crippen LogP contribution in [0.1, 0.15) is 23.7 Å². The Hall–Kier alpha value is -1.75. The van der Waals surface area contributed by atoms with E-state index in [0.29, 0.717) is 23.5 Å². The number of nitrogens with one attached hydrogen (secondary N) is 1. The Morgan fingerprint density at radius 1 is 1.39 bits per heavy atom. The zero-order valence-electron chi connectivity index (χ0n) is 10.9. The zero-order valence-corrected chi connectivity index (χ0v) is 10.9. The molecule has 1 atom stereocenters. The number of hydrogen-bond acceptors (Lipinski definition) is 4. The van der Waals surface area contributed by atoms with Crippen molar-refractivity contribution in [2.45, 2.75) is 19.4 Å². The van der Waals surface area contributed by atoms with Crippen LogP contribution in [0.3, 0.4) is 0 Å². The van der Waals surface area contributed by atoms with Crippen molar-refractivity contribution in [3.05, 3.63) is 23.8 Å². The highest BCUT2D eigenvalue weighted by molar-refractivity contribution is 5.97. The Balaban J connectivity index is 2.95. The number of methoxy groups -OCH3 is 2. The van der Waals surface area contributed by atoms with Crippen molar-refractivity contribution in [1.29, 1.82) is 0 Å². The number of aliphatic hydroxyl groups is 1. The summed E-state index contributed by atoms with van der Waals surface area (Å²) in [6.45, 7) is 1.80. The molecule has 0 heterocycles. The highest BCUT2D eigenvalue weighted by Crippen LogP contribution is 2.23. The van der Waals surface area contributed by atoms with Crippen LogP contribution in [-0.4, -0.2) is 37.9 Å². The van der Waals surface area contributed by atoms with Crippen LogP contribution < -0.4 is 14.8 Å². The van der Waals surface area contributed by atoms with E-state index < -0.39 is 0 Å². The van der Waals surface area contributed by atoms with Crippen LogP contribution in [0.2, 0.25) is 0 Å². The predicted octanol–water partition coefficient (Wildman–Crippen LogP) is 1.20. The van der Waals surface area contributed by atoms with Crippen molar-refractivity contribution in [2.75, 3.05) is 20.8 Å². The number of ether oxygens (including phenoxy) is 2. The molecule has 100 valence electrons. The van der Waals surface area contributed by atoms with E-state index in [4.69, 9.17) is 14.6 Å². The Bertz CT molecular complexity index is 402. The van der Waals surface area contributed by atoms with E-state index in [0.717, 1.165) is 0 Å². The van der Waals surface area contributed by atoms with Gasteiger partial charge in [-0.15, -0.1) is 0 Å². The summed E-state index contributed by atoms with van der Waals surface area (Å²) in [5, 5.41) is 11.8. The highest BCUT2D eigenvalue weighted by Gasteiger charge is 2.16. The van der Waals surface area contributed by atoms with E-state index in [1.165, 1.54) is 14.2 Å². The molecule has 0 aliphatic heterocycles. The van der Waals surface area contributed by atoms with Gasteiger partial charge in [0.1, 0.15) is 11.5 Å². The number of carbonyl (C=O) groups is 1. The van der Waals surface area contributed by atoms with E-state index in [-0.39, 0.29) is 18.6 Å². The summed E-state index contributed by atoms with van der Waals surface area (Å²) in [6.07, 6.45) is 0.661. The van der Waals surface area contributed by atoms with Gasteiger partial charge >= 0.3 is 0 Å². The van der Waals surface area contributed by atoms with E-state index in [2.05, 4.69) is 5.32 Å². The van der Waals surface area contributed by atoms with Crippen molar-refractivity contribution < 1.29 is 19.4 Å². The molecule has 0 saturated carbocycles. The molecule has 1 amide bonds. The topological polar surface area (TPSA) is 67.8 Å². The molecule has 1 rings (SSSR count). The fraction of sp³-hybridized carbons (Fsp3) is 0.462. The predicted molar refractivity (Wildman–Crippen MR) is 68.2 cm³/mol. The number of aliphatic hydroxyl groups excluding tert-OH is 1. The maximum Gasteiger partial charge on any atom is 0.255 e. The van der Waals surface area contributed by atoms with Crippen molar-refractivity contribution in [3.63, 3.8) is 0 Å². The summed E-state index contributed by atoms with van der Waals surface area (Å²) in [4.78, 5) is 12.1. The van der Waals surface area contributed by atoms with Gasteiger partial charge in [-0.3, -0.25) is 4.79 Å². The van der Waals surface area contributed by atoms with Crippen LogP contribution in [0, 0.1) is 0 Å². The first-order chi connectivity index (χ1) is 8.65. The number of amides is 1. The molecule has 1 aromatic carbocycles. The summed E-state index contributed by atoms with van der Waals surface area (Å²) in [5.74, 6) is 0.769. The van der Waals surface area contributed by atoms with Crippen molar-refractivity contribution in [3.8, 4) is 11.5 Å². The maximum absolute atomic E-state index is 12.1. The molecular formula is C13H19NO4. The monoisotopic (exact) mass is 253 g/mol. The molecule has 0 radical (unpaired) electrons. The second kappa shape index (κ2) is 6.86. The largest absolute Gasteiger partial charge is 0.497 e. The first kappa shape index (κ1) is 14.3. The first-order valence-electron chi connectivity index (χ1n) is 5.80. The lowest BCUT2D eigenvalue weighted by Crippen LogP contribution is -2.37. The second-order valence-corrected chi connectivity index (χ2v) is 3.83. The lowest BCUT2D eigenvalue weighted by atomic mass is 10.1. The first-order valence-corrected chi connectivity index (χ1v) is 5.80. The van der Waals surface area contributed by atoms with Crippen molar-refractivity contribution >= 4 is 5.91 Å². The average molecular weight is 253 g/mol. The zero-order chi connectivity index (χ0) is 13.5. The van der Waals surface area contributed by atoms with E-state index >= 15 is 0 Å². The summed E-state index contributed by atoms with van der Waals surface area (Å²) < 4.78 is 10.2. The Labute approximate surface area is 107 Å². The Morgan fingerprint density at radius 3 is 2.61 bits per heavy atom. The number of carbonyl (C=O) groups excluding carboxylic acids is 1. The van der Waals surface area contributed by atoms with Gasteiger partial charge in [-0.1, -0.05) is 6.92 Å². The van der Waals surface area contributed by atoms with Crippen LogP contribution in [-0.2, 0) is 0 Å². The van der Waals surface area contributed by atoms with Gasteiger partial charge in [0, 0.05) is 0 Å². The Morgan fingerprint density at radius 2 is 2.11 bits per heavy atom. The quantitative estimate of drug-likeness (QED) is 0.799. The molecule has 1 aromatic rings. The molecule has 1 unspecified atom stereocenters. The molecule has 0 bridgehead atoms. The van der Waals surface area contributed by atoms with E-state index in [1.807, 2.05) is 6.92 Å². The van der Waals surface area contributed by atoms with Gasteiger partial charge in [0.25, 0.3) is 5.91 Å². The summed E-state index contributed by atoms with van der Waals surface area (Å²) >= 11 is 0. The van der Waals surface area contributed by atoms with Crippen LogP contribution >= 0.6 is 0 Å². The summed E-state index contributed by atoms with van der Waals surface area (Å²) in [5.41, 5.74) is 0.392. The van der Waals surface area contributed by atoms with Crippen LogP contribution in [0.15, 0.2) is 18.2 Å². The molecule has 0 spiro atoms. The van der Waals surface area contributed by atoms with Gasteiger partial charge < -0.3 is 19.9 Å². The fourth-order valence-corrected chi connectivity index (χ4v) is 1.53. The molecule has 5 heteroatoms. The van der Waals surface area contributed by atoms with Crippen molar-refractivity contribution in [2.24, 2.45) is 0 Å². The third-order valence-corrected chi connectivity index (χ3v) is 2.70. The molecule has 0 saturated heterocycles. The van der Waals surface area contributed by atoms with E-state index in [9.17, 15) is 4.79 Å². The highest BCUT2D eigenvalue weighted by atomic mass is 16.5. The minimum Gasteiger partial charge on any atom is -0.497 e. The molecule has 0 aromatic heterocycles. The maximum atomic E-state index is 12.1. The molecule has 5 nitrogen and oxygen atoms in total. The van der Waals surface area contributed by atoms with Gasteiger partial charge in [-0.25, -0.2) is 0 Å². The van der Waals surface area contributed by atoms with Crippen molar-refractivity contribution in [1.82, 2.24) is 5.32 Å². The molecule has 2 N–H and O–H groups in total. The lowest BCUT2D eigenvalue weighted by molar-refractivity contribution is 0.0911. The minimum absolute atomic E-state index is 0.0888. The standard InChI is InChI=1S/C13H19NO4/c1-4-9(8-15)14-13(16)11-7-10(17-2)5-6-12(11)18-3/h5-7,9,15H,4,8H2,1-3H3,(H,14,16). The lowest BCUT2D eigenvalue weighted by Gasteiger charge is -2.16. The molecule has 0 aliphatic carbocycles. The Kier molecular flexibility index (Phi) is 5.45. The van der Waals surface area contributed by atoms with Crippen LogP contribution in [0.4, 0.5) is 0 Å². The summed E-state index contributed by atoms with van der Waals surface area (Å²) in [6, 6.07) is 4.75. The molecule has 0 fully saturated rings. The fourth-order valence-electron chi connectivity index (χ4n) is 1.53. The molecular weight excluding hydrogens is 234 g/mol. The van der Waals surface area contributed by atoms with Gasteiger partial charge in [-0.2, -0.15) is 0 Å². The third kappa shape index (κ3) is 3.37. The second-order valence-electron chi connectivity index (χ2n) is 3.83. The molecule has 18 heavy (non-hydrogen) atoms. The SMILES string of the molecule is CCC(CO)NC(=O)c1cc(OC)ccc1OC. The van der Waals surface area contributed by atoms with E-state index in [1.54, 1.807) is 18.2 Å². The van der Waals surface area contributed by atoms with Gasteiger partial charge in [0.2, 0.25) is 0 Å². The third-order valence-electron chi connectivity index (χ3n) is 2.70. The number of benzene rings is 1. The number of rotatable bonds is 6. The minimum atomic E-state index is -0.286. The summed E-state index contributed by atoms with van der Waals surface area (Å²) in [7, 11) is 3.04. The average Bonchev–Trinajstić information content (AvgIpc) is 2.43. The molecule has 0 aliphatic rings.